The molecule has 0 aliphatic carbocycles. The van der Waals surface area contributed by atoms with Crippen LogP contribution in [-0.2, 0) is 29.9 Å². The maximum atomic E-state index is 12.6. The number of carbonyl (C=O) groups excluding carboxylic acids is 1. The predicted molar refractivity (Wildman–Crippen MR) is 109 cm³/mol. The van der Waals surface area contributed by atoms with Gasteiger partial charge in [0.2, 0.25) is 10.0 Å². The Hall–Kier alpha value is -2.19. The van der Waals surface area contributed by atoms with Gasteiger partial charge in [-0.1, -0.05) is 24.3 Å². The zero-order valence-electron chi connectivity index (χ0n) is 16.5. The number of nitrogens with zero attached hydrogens (tertiary/aromatic N) is 3. The number of benzene rings is 1. The number of amides is 1. The van der Waals surface area contributed by atoms with E-state index in [9.17, 15) is 13.2 Å². The molecule has 2 aromatic rings. The van der Waals surface area contributed by atoms with Gasteiger partial charge < -0.3 is 4.90 Å². The molecule has 1 fully saturated rings. The van der Waals surface area contributed by atoms with Crippen LogP contribution in [0.4, 0.5) is 0 Å². The van der Waals surface area contributed by atoms with Crippen molar-refractivity contribution in [3.8, 4) is 0 Å². The van der Waals surface area contributed by atoms with Gasteiger partial charge in [-0.2, -0.15) is 5.10 Å². The van der Waals surface area contributed by atoms with Gasteiger partial charge in [0.05, 0.1) is 6.26 Å². The largest absolute Gasteiger partial charge is 0.337 e. The Kier molecular flexibility index (Phi) is 6.51. The molecule has 1 aromatic heterocycles. The second-order valence-electron chi connectivity index (χ2n) is 7.51. The van der Waals surface area contributed by atoms with E-state index in [0.29, 0.717) is 24.6 Å². The maximum Gasteiger partial charge on any atom is 0.272 e. The lowest BCUT2D eigenvalue weighted by Crippen LogP contribution is -2.39. The summed E-state index contributed by atoms with van der Waals surface area (Å²) in [7, 11) is -1.34. The molecule has 1 N–H and O–H groups in total. The maximum absolute atomic E-state index is 12.6. The van der Waals surface area contributed by atoms with Crippen LogP contribution in [0.25, 0.3) is 0 Å². The number of nitrogens with one attached hydrogen (secondary N) is 1. The van der Waals surface area contributed by atoms with Gasteiger partial charge in [0.25, 0.3) is 5.91 Å². The van der Waals surface area contributed by atoms with Gasteiger partial charge >= 0.3 is 0 Å². The Morgan fingerprint density at radius 2 is 1.79 bits per heavy atom. The van der Waals surface area contributed by atoms with Gasteiger partial charge in [-0.25, -0.2) is 13.1 Å². The summed E-state index contributed by atoms with van der Waals surface area (Å²) < 4.78 is 26.3. The Morgan fingerprint density at radius 1 is 1.14 bits per heavy atom. The molecule has 0 saturated carbocycles. The highest BCUT2D eigenvalue weighted by molar-refractivity contribution is 7.88. The standard InChI is InChI=1S/C20H28N4O3S/c1-23-19(8-11-21-23)20(25)24-13-9-18(10-14-24)15-17-5-3-16(4-6-17)7-12-22-28(2,26)27/h3-6,8,11,18,22H,7,9-10,12-15H2,1-2H3. The number of sulfonamides is 1. The lowest BCUT2D eigenvalue weighted by Gasteiger charge is -2.32. The molecular weight excluding hydrogens is 376 g/mol. The molecule has 2 heterocycles. The van der Waals surface area contributed by atoms with Gasteiger partial charge in [0.15, 0.2) is 0 Å². The van der Waals surface area contributed by atoms with Crippen LogP contribution in [0.1, 0.15) is 34.5 Å². The molecule has 0 bridgehead atoms. The molecule has 1 aromatic carbocycles. The number of hydrogen-bond acceptors (Lipinski definition) is 4. The summed E-state index contributed by atoms with van der Waals surface area (Å²) >= 11 is 0. The van der Waals surface area contributed by atoms with Crippen LogP contribution in [-0.4, -0.2) is 54.9 Å². The molecule has 7 nitrogen and oxygen atoms in total. The van der Waals surface area contributed by atoms with Crippen molar-refractivity contribution in [2.45, 2.75) is 25.7 Å². The van der Waals surface area contributed by atoms with Crippen LogP contribution >= 0.6 is 0 Å². The minimum Gasteiger partial charge on any atom is -0.337 e. The molecule has 8 heteroatoms. The third-order valence-corrected chi connectivity index (χ3v) is 6.00. The fraction of sp³-hybridized carbons (Fsp3) is 0.500. The van der Waals surface area contributed by atoms with Gasteiger partial charge in [-0.15, -0.1) is 0 Å². The Morgan fingerprint density at radius 3 is 2.36 bits per heavy atom. The first-order valence-electron chi connectivity index (χ1n) is 9.61. The molecule has 0 unspecified atom stereocenters. The van der Waals surface area contributed by atoms with Crippen LogP contribution < -0.4 is 4.72 Å². The van der Waals surface area contributed by atoms with Crippen LogP contribution in [0.3, 0.4) is 0 Å². The number of likely N-dealkylation sites (tertiary alicyclic amines) is 1. The van der Waals surface area contributed by atoms with Crippen molar-refractivity contribution in [1.82, 2.24) is 19.4 Å². The molecule has 1 amide bonds. The quantitative estimate of drug-likeness (QED) is 0.760. The molecule has 3 rings (SSSR count). The Bertz CT molecular complexity index is 898. The summed E-state index contributed by atoms with van der Waals surface area (Å²) in [4.78, 5) is 14.5. The van der Waals surface area contributed by atoms with Crippen molar-refractivity contribution in [3.63, 3.8) is 0 Å². The molecule has 0 atom stereocenters. The van der Waals surface area contributed by atoms with E-state index in [4.69, 9.17) is 0 Å². The highest BCUT2D eigenvalue weighted by Gasteiger charge is 2.25. The van der Waals surface area contributed by atoms with Crippen LogP contribution in [0, 0.1) is 5.92 Å². The lowest BCUT2D eigenvalue weighted by atomic mass is 9.89. The fourth-order valence-electron chi connectivity index (χ4n) is 3.64. The monoisotopic (exact) mass is 404 g/mol. The topological polar surface area (TPSA) is 84.3 Å². The first kappa shape index (κ1) is 20.5. The third kappa shape index (κ3) is 5.65. The molecule has 1 saturated heterocycles. The molecule has 0 spiro atoms. The van der Waals surface area contributed by atoms with E-state index in [-0.39, 0.29) is 5.91 Å². The summed E-state index contributed by atoms with van der Waals surface area (Å²) in [5.41, 5.74) is 3.05. The molecule has 1 aliphatic heterocycles. The lowest BCUT2D eigenvalue weighted by molar-refractivity contribution is 0.0679. The van der Waals surface area contributed by atoms with Gasteiger partial charge in [0, 0.05) is 32.9 Å². The fourth-order valence-corrected chi connectivity index (χ4v) is 4.11. The van der Waals surface area contributed by atoms with Crippen molar-refractivity contribution in [2.24, 2.45) is 13.0 Å². The van der Waals surface area contributed by atoms with E-state index in [1.54, 1.807) is 24.0 Å². The van der Waals surface area contributed by atoms with Crippen molar-refractivity contribution in [2.75, 3.05) is 25.9 Å². The van der Waals surface area contributed by atoms with Crippen molar-refractivity contribution < 1.29 is 13.2 Å². The zero-order valence-corrected chi connectivity index (χ0v) is 17.3. The average Bonchev–Trinajstić information content (AvgIpc) is 3.08. The molecule has 0 radical (unpaired) electrons. The summed E-state index contributed by atoms with van der Waals surface area (Å²) in [6, 6.07) is 10.2. The third-order valence-electron chi connectivity index (χ3n) is 5.27. The second-order valence-corrected chi connectivity index (χ2v) is 9.35. The number of carbonyl (C=O) groups is 1. The normalized spacial score (nSPS) is 15.7. The number of aryl methyl sites for hydroxylation is 1. The highest BCUT2D eigenvalue weighted by Crippen LogP contribution is 2.23. The van der Waals surface area contributed by atoms with E-state index >= 15 is 0 Å². The summed E-state index contributed by atoms with van der Waals surface area (Å²) in [6.07, 6.45) is 6.53. The number of piperidine rings is 1. The van der Waals surface area contributed by atoms with Crippen molar-refractivity contribution in [3.05, 3.63) is 53.3 Å². The smallest absolute Gasteiger partial charge is 0.272 e. The van der Waals surface area contributed by atoms with Crippen molar-refractivity contribution in [1.29, 1.82) is 0 Å². The first-order valence-corrected chi connectivity index (χ1v) is 11.5. The predicted octanol–water partition coefficient (Wildman–Crippen LogP) is 1.61. The summed E-state index contributed by atoms with van der Waals surface area (Å²) in [5.74, 6) is 0.638. The Labute approximate surface area is 166 Å². The number of rotatable bonds is 7. The van der Waals surface area contributed by atoms with E-state index < -0.39 is 10.0 Å². The molecule has 152 valence electrons. The van der Waals surface area contributed by atoms with Gasteiger partial charge in [-0.05, 0) is 48.8 Å². The highest BCUT2D eigenvalue weighted by atomic mass is 32.2. The molecule has 28 heavy (non-hydrogen) atoms. The minimum atomic E-state index is -3.13. The zero-order chi connectivity index (χ0) is 20.1. The van der Waals surface area contributed by atoms with Crippen LogP contribution in [0.5, 0.6) is 0 Å². The Balaban J connectivity index is 1.45. The van der Waals surface area contributed by atoms with Crippen molar-refractivity contribution >= 4 is 15.9 Å². The first-order chi connectivity index (χ1) is 13.3. The van der Waals surface area contributed by atoms with E-state index in [1.807, 2.05) is 4.90 Å². The minimum absolute atomic E-state index is 0.0607. The second kappa shape index (κ2) is 8.87. The summed E-state index contributed by atoms with van der Waals surface area (Å²) in [5, 5.41) is 4.08. The van der Waals surface area contributed by atoms with E-state index in [1.165, 1.54) is 11.8 Å². The average molecular weight is 405 g/mol. The SMILES string of the molecule is Cn1nccc1C(=O)N1CCC(Cc2ccc(CCNS(C)(=O)=O)cc2)CC1. The van der Waals surface area contributed by atoms with Crippen LogP contribution in [0.2, 0.25) is 0 Å². The number of hydrogen-bond donors (Lipinski definition) is 1. The van der Waals surface area contributed by atoms with E-state index in [0.717, 1.165) is 37.9 Å². The van der Waals surface area contributed by atoms with Gasteiger partial charge in [-0.3, -0.25) is 9.48 Å². The molecular formula is C20H28N4O3S. The van der Waals surface area contributed by atoms with E-state index in [2.05, 4.69) is 34.1 Å². The summed E-state index contributed by atoms with van der Waals surface area (Å²) in [6.45, 7) is 1.98. The van der Waals surface area contributed by atoms with Gasteiger partial charge in [0.1, 0.15) is 5.69 Å². The number of aromatic nitrogens is 2. The van der Waals surface area contributed by atoms with Crippen LogP contribution in [0.15, 0.2) is 36.5 Å². The molecule has 1 aliphatic rings.